The fourth-order valence-electron chi connectivity index (χ4n) is 2.75. The van der Waals surface area contributed by atoms with E-state index in [0.29, 0.717) is 6.04 Å². The maximum Gasteiger partial charge on any atom is 0.128 e. The van der Waals surface area contributed by atoms with Crippen molar-refractivity contribution in [3.05, 3.63) is 18.2 Å². The number of anilines is 2. The van der Waals surface area contributed by atoms with E-state index in [1.54, 1.807) is 0 Å². The van der Waals surface area contributed by atoms with Crippen molar-refractivity contribution in [3.8, 4) is 0 Å². The van der Waals surface area contributed by atoms with E-state index in [1.165, 1.54) is 19.3 Å². The summed E-state index contributed by atoms with van der Waals surface area (Å²) < 4.78 is 0. The molecule has 0 bridgehead atoms. The number of hydrogen-bond acceptors (Lipinski definition) is 3. The Morgan fingerprint density at radius 3 is 2.68 bits per heavy atom. The van der Waals surface area contributed by atoms with Gasteiger partial charge in [-0.3, -0.25) is 0 Å². The van der Waals surface area contributed by atoms with Crippen LogP contribution in [-0.4, -0.2) is 17.6 Å². The predicted molar refractivity (Wildman–Crippen MR) is 82.6 cm³/mol. The number of nitrogens with one attached hydrogen (secondary N) is 2. The SMILES string of the molecule is CCCNc1cccc(NC2CCC(C)C(C)C2)n1. The van der Waals surface area contributed by atoms with Crippen LogP contribution in [0.4, 0.5) is 11.6 Å². The third-order valence-corrected chi connectivity index (χ3v) is 4.26. The fourth-order valence-corrected chi connectivity index (χ4v) is 2.75. The Morgan fingerprint density at radius 2 is 1.95 bits per heavy atom. The van der Waals surface area contributed by atoms with Gasteiger partial charge in [0, 0.05) is 12.6 Å². The quantitative estimate of drug-likeness (QED) is 0.836. The van der Waals surface area contributed by atoms with Crippen LogP contribution in [-0.2, 0) is 0 Å². The summed E-state index contributed by atoms with van der Waals surface area (Å²) in [6, 6.07) is 6.76. The molecule has 1 aliphatic carbocycles. The minimum Gasteiger partial charge on any atom is -0.370 e. The lowest BCUT2D eigenvalue weighted by atomic mass is 9.79. The summed E-state index contributed by atoms with van der Waals surface area (Å²) >= 11 is 0. The number of rotatable bonds is 5. The van der Waals surface area contributed by atoms with Crippen LogP contribution in [0.5, 0.6) is 0 Å². The molecule has 0 amide bonds. The molecule has 3 unspecified atom stereocenters. The summed E-state index contributed by atoms with van der Waals surface area (Å²) in [5.41, 5.74) is 0. The third-order valence-electron chi connectivity index (χ3n) is 4.26. The van der Waals surface area contributed by atoms with Gasteiger partial charge >= 0.3 is 0 Å². The average Bonchev–Trinajstić information content (AvgIpc) is 2.41. The molecule has 3 nitrogen and oxygen atoms in total. The lowest BCUT2D eigenvalue weighted by molar-refractivity contribution is 0.260. The minimum atomic E-state index is 0.583. The first-order valence-corrected chi connectivity index (χ1v) is 7.66. The Balaban J connectivity index is 1.91. The van der Waals surface area contributed by atoms with E-state index in [9.17, 15) is 0 Å². The molecule has 1 heterocycles. The molecule has 0 radical (unpaired) electrons. The van der Waals surface area contributed by atoms with Gasteiger partial charge in [-0.2, -0.15) is 0 Å². The molecule has 1 aliphatic rings. The lowest BCUT2D eigenvalue weighted by Gasteiger charge is -2.32. The first kappa shape index (κ1) is 14.2. The second-order valence-corrected chi connectivity index (χ2v) is 5.94. The van der Waals surface area contributed by atoms with Crippen molar-refractivity contribution in [2.24, 2.45) is 11.8 Å². The molecule has 3 heteroatoms. The van der Waals surface area contributed by atoms with Gasteiger partial charge in [0.05, 0.1) is 0 Å². The molecule has 1 fully saturated rings. The van der Waals surface area contributed by atoms with Crippen molar-refractivity contribution in [2.75, 3.05) is 17.2 Å². The summed E-state index contributed by atoms with van der Waals surface area (Å²) in [7, 11) is 0. The van der Waals surface area contributed by atoms with Crippen LogP contribution in [0.15, 0.2) is 18.2 Å². The van der Waals surface area contributed by atoms with Gasteiger partial charge in [-0.15, -0.1) is 0 Å². The van der Waals surface area contributed by atoms with E-state index in [0.717, 1.165) is 36.4 Å². The molecular weight excluding hydrogens is 234 g/mol. The second kappa shape index (κ2) is 6.78. The largest absolute Gasteiger partial charge is 0.370 e. The van der Waals surface area contributed by atoms with Gasteiger partial charge in [-0.25, -0.2) is 4.98 Å². The van der Waals surface area contributed by atoms with Crippen molar-refractivity contribution in [2.45, 2.75) is 52.5 Å². The molecule has 0 aromatic carbocycles. The second-order valence-electron chi connectivity index (χ2n) is 5.94. The maximum absolute atomic E-state index is 4.63. The Bertz CT molecular complexity index is 391. The predicted octanol–water partition coefficient (Wildman–Crippen LogP) is 4.14. The van der Waals surface area contributed by atoms with Crippen molar-refractivity contribution < 1.29 is 0 Å². The molecule has 0 saturated heterocycles. The van der Waals surface area contributed by atoms with Crippen LogP contribution in [0.3, 0.4) is 0 Å². The van der Waals surface area contributed by atoms with Gasteiger partial charge in [-0.1, -0.05) is 26.8 Å². The van der Waals surface area contributed by atoms with Crippen LogP contribution in [0, 0.1) is 11.8 Å². The van der Waals surface area contributed by atoms with Gasteiger partial charge < -0.3 is 10.6 Å². The minimum absolute atomic E-state index is 0.583. The topological polar surface area (TPSA) is 37.0 Å². The molecular formula is C16H27N3. The third kappa shape index (κ3) is 4.12. The Labute approximate surface area is 117 Å². The monoisotopic (exact) mass is 261 g/mol. The lowest BCUT2D eigenvalue weighted by Crippen LogP contribution is -2.30. The molecule has 106 valence electrons. The summed E-state index contributed by atoms with van der Waals surface area (Å²) in [5, 5.41) is 6.93. The van der Waals surface area contributed by atoms with Crippen LogP contribution < -0.4 is 10.6 Å². The van der Waals surface area contributed by atoms with Gasteiger partial charge in [0.25, 0.3) is 0 Å². The van der Waals surface area contributed by atoms with Crippen molar-refractivity contribution >= 4 is 11.6 Å². The summed E-state index contributed by atoms with van der Waals surface area (Å²) in [6.07, 6.45) is 4.97. The maximum atomic E-state index is 4.63. The highest BCUT2D eigenvalue weighted by atomic mass is 15.1. The molecule has 1 aromatic rings. The van der Waals surface area contributed by atoms with Crippen LogP contribution in [0.1, 0.15) is 46.5 Å². The zero-order valence-electron chi connectivity index (χ0n) is 12.4. The van der Waals surface area contributed by atoms with E-state index in [1.807, 2.05) is 6.07 Å². The zero-order chi connectivity index (χ0) is 13.7. The first-order valence-electron chi connectivity index (χ1n) is 7.66. The van der Waals surface area contributed by atoms with Gasteiger partial charge in [0.15, 0.2) is 0 Å². The standard InChI is InChI=1S/C16H27N3/c1-4-10-17-15-6-5-7-16(19-15)18-14-9-8-12(2)13(3)11-14/h5-7,12-14H,4,8-11H2,1-3H3,(H2,17,18,19). The van der Waals surface area contributed by atoms with E-state index in [2.05, 4.69) is 48.5 Å². The number of pyridine rings is 1. The van der Waals surface area contributed by atoms with E-state index in [4.69, 9.17) is 0 Å². The number of aromatic nitrogens is 1. The van der Waals surface area contributed by atoms with Crippen molar-refractivity contribution in [1.29, 1.82) is 0 Å². The van der Waals surface area contributed by atoms with Crippen molar-refractivity contribution in [3.63, 3.8) is 0 Å². The summed E-state index contributed by atoms with van der Waals surface area (Å²) in [6.45, 7) is 7.88. The molecule has 2 N–H and O–H groups in total. The van der Waals surface area contributed by atoms with Gasteiger partial charge in [-0.05, 0) is 49.7 Å². The van der Waals surface area contributed by atoms with E-state index >= 15 is 0 Å². The Morgan fingerprint density at radius 1 is 1.16 bits per heavy atom. The highest BCUT2D eigenvalue weighted by Crippen LogP contribution is 2.30. The van der Waals surface area contributed by atoms with Crippen LogP contribution >= 0.6 is 0 Å². The fraction of sp³-hybridized carbons (Fsp3) is 0.688. The smallest absolute Gasteiger partial charge is 0.128 e. The Kier molecular flexibility index (Phi) is 5.06. The van der Waals surface area contributed by atoms with Crippen LogP contribution in [0.25, 0.3) is 0 Å². The molecule has 0 aliphatic heterocycles. The number of hydrogen-bond donors (Lipinski definition) is 2. The summed E-state index contributed by atoms with van der Waals surface area (Å²) in [5.74, 6) is 3.66. The number of nitrogens with zero attached hydrogens (tertiary/aromatic N) is 1. The first-order chi connectivity index (χ1) is 9.19. The molecule has 0 spiro atoms. The van der Waals surface area contributed by atoms with Gasteiger partial charge in [0.1, 0.15) is 11.6 Å². The van der Waals surface area contributed by atoms with Gasteiger partial charge in [0.2, 0.25) is 0 Å². The van der Waals surface area contributed by atoms with E-state index < -0.39 is 0 Å². The molecule has 2 rings (SSSR count). The van der Waals surface area contributed by atoms with Crippen molar-refractivity contribution in [1.82, 2.24) is 4.98 Å². The average molecular weight is 261 g/mol. The summed E-state index contributed by atoms with van der Waals surface area (Å²) in [4.78, 5) is 4.63. The zero-order valence-corrected chi connectivity index (χ0v) is 12.4. The molecule has 19 heavy (non-hydrogen) atoms. The van der Waals surface area contributed by atoms with E-state index in [-0.39, 0.29) is 0 Å². The molecule has 1 aromatic heterocycles. The molecule has 1 saturated carbocycles. The Hall–Kier alpha value is -1.25. The van der Waals surface area contributed by atoms with Crippen LogP contribution in [0.2, 0.25) is 0 Å². The molecule has 3 atom stereocenters. The highest BCUT2D eigenvalue weighted by molar-refractivity contribution is 5.45. The normalized spacial score (nSPS) is 27.0. The highest BCUT2D eigenvalue weighted by Gasteiger charge is 2.24.